The van der Waals surface area contributed by atoms with Crippen LogP contribution in [0.4, 0.5) is 0 Å². The highest BCUT2D eigenvalue weighted by molar-refractivity contribution is 5.93. The van der Waals surface area contributed by atoms with Gasteiger partial charge in [-0.05, 0) is 20.8 Å². The van der Waals surface area contributed by atoms with E-state index < -0.39 is 17.4 Å². The quantitative estimate of drug-likeness (QED) is 0.735. The van der Waals surface area contributed by atoms with E-state index >= 15 is 0 Å². The number of aryl methyl sites for hydroxylation is 1. The number of likely N-dealkylation sites (tertiary alicyclic amines) is 1. The van der Waals surface area contributed by atoms with Gasteiger partial charge >= 0.3 is 0 Å². The van der Waals surface area contributed by atoms with Gasteiger partial charge in [-0.15, -0.1) is 10.2 Å². The van der Waals surface area contributed by atoms with Crippen LogP contribution in [-0.4, -0.2) is 62.6 Å². The van der Waals surface area contributed by atoms with E-state index in [0.717, 1.165) is 0 Å². The molecular formula is C19H26N4O4. The maximum atomic E-state index is 13.2. The molecule has 8 heteroatoms. The first kappa shape index (κ1) is 18.2. The molecule has 2 saturated heterocycles. The number of carbonyl (C=O) groups excluding carboxylic acids is 2. The second kappa shape index (κ2) is 5.89. The highest BCUT2D eigenvalue weighted by Gasteiger charge is 2.68. The molecule has 4 rings (SSSR count). The van der Waals surface area contributed by atoms with E-state index in [-0.39, 0.29) is 30.0 Å². The van der Waals surface area contributed by atoms with Crippen molar-refractivity contribution in [3.63, 3.8) is 0 Å². The van der Waals surface area contributed by atoms with E-state index in [1.54, 1.807) is 11.9 Å². The molecule has 146 valence electrons. The molecule has 3 aliphatic rings. The maximum Gasteiger partial charge on any atom is 0.235 e. The molecule has 3 aliphatic heterocycles. The highest BCUT2D eigenvalue weighted by Crippen LogP contribution is 2.53. The van der Waals surface area contributed by atoms with Gasteiger partial charge in [-0.25, -0.2) is 0 Å². The molecular weight excluding hydrogens is 348 g/mol. The van der Waals surface area contributed by atoms with E-state index in [0.29, 0.717) is 24.7 Å². The molecule has 2 unspecified atom stereocenters. The zero-order valence-electron chi connectivity index (χ0n) is 16.4. The molecule has 1 aromatic heterocycles. The number of hydrogen-bond acceptors (Lipinski definition) is 6. The molecule has 2 amide bonds. The normalized spacial score (nSPS) is 31.7. The summed E-state index contributed by atoms with van der Waals surface area (Å²) >= 11 is 0. The molecule has 1 aromatic rings. The number of rotatable bonds is 4. The molecule has 2 fully saturated rings. The van der Waals surface area contributed by atoms with Crippen molar-refractivity contribution in [3.8, 4) is 0 Å². The number of fused-ring (bicyclic) bond motifs is 1. The predicted molar refractivity (Wildman–Crippen MR) is 95.3 cm³/mol. The highest BCUT2D eigenvalue weighted by atomic mass is 16.5. The smallest absolute Gasteiger partial charge is 0.235 e. The molecule has 27 heavy (non-hydrogen) atoms. The summed E-state index contributed by atoms with van der Waals surface area (Å²) < 4.78 is 11.7. The summed E-state index contributed by atoms with van der Waals surface area (Å²) in [4.78, 5) is 29.7. The van der Waals surface area contributed by atoms with Crippen LogP contribution in [-0.2, 0) is 27.3 Å². The third-order valence-electron chi connectivity index (χ3n) is 5.76. The van der Waals surface area contributed by atoms with Crippen molar-refractivity contribution in [2.45, 2.75) is 57.9 Å². The predicted octanol–water partition coefficient (Wildman–Crippen LogP) is 1.17. The number of aromatic nitrogens is 2. The van der Waals surface area contributed by atoms with E-state index in [2.05, 4.69) is 10.2 Å². The summed E-state index contributed by atoms with van der Waals surface area (Å²) in [5.74, 6) is -0.193. The van der Waals surface area contributed by atoms with Crippen LogP contribution in [0.15, 0.2) is 16.6 Å². The van der Waals surface area contributed by atoms with Crippen molar-refractivity contribution in [2.75, 3.05) is 13.6 Å². The van der Waals surface area contributed by atoms with Gasteiger partial charge in [0, 0.05) is 19.0 Å². The summed E-state index contributed by atoms with van der Waals surface area (Å²) in [7, 11) is 1.70. The van der Waals surface area contributed by atoms with Gasteiger partial charge in [0.05, 0.1) is 31.0 Å². The van der Waals surface area contributed by atoms with Gasteiger partial charge in [-0.3, -0.25) is 9.59 Å². The van der Waals surface area contributed by atoms with Gasteiger partial charge in [0.2, 0.25) is 23.6 Å². The molecule has 1 spiro atoms. The first-order valence-corrected chi connectivity index (χ1v) is 9.41. The van der Waals surface area contributed by atoms with Crippen LogP contribution in [0.3, 0.4) is 0 Å². The Bertz CT molecular complexity index is 811. The number of nitrogens with zero attached hydrogens (tertiary/aromatic N) is 4. The Hall–Kier alpha value is -2.22. The van der Waals surface area contributed by atoms with Crippen LogP contribution >= 0.6 is 0 Å². The first-order chi connectivity index (χ1) is 12.7. The van der Waals surface area contributed by atoms with Gasteiger partial charge in [-0.2, -0.15) is 0 Å². The zero-order valence-corrected chi connectivity index (χ0v) is 16.4. The molecule has 4 atom stereocenters. The molecule has 0 saturated carbocycles. The van der Waals surface area contributed by atoms with Crippen molar-refractivity contribution in [1.29, 1.82) is 0 Å². The first-order valence-electron chi connectivity index (χ1n) is 9.41. The Morgan fingerprint density at radius 3 is 2.70 bits per heavy atom. The lowest BCUT2D eigenvalue weighted by Gasteiger charge is -2.34. The van der Waals surface area contributed by atoms with Crippen LogP contribution in [0.25, 0.3) is 0 Å². The minimum atomic E-state index is -0.684. The Labute approximate surface area is 158 Å². The standard InChI is InChI=1S/C19H26N4O4/c1-6-12-20-21-13(26-12)9-22(5)16(24)14-11-7-8-19(27-11)10-23(18(2,3)4)17(25)15(14)19/h7-8,11,14-15H,6,9-10H2,1-5H3/t11-,14?,15?,19-/m1/s1. The molecule has 0 aliphatic carbocycles. The topological polar surface area (TPSA) is 88.8 Å². The second-order valence-corrected chi connectivity index (χ2v) is 8.63. The van der Waals surface area contributed by atoms with Crippen molar-refractivity contribution in [2.24, 2.45) is 11.8 Å². The third-order valence-corrected chi connectivity index (χ3v) is 5.76. The average Bonchev–Trinajstić information content (AvgIpc) is 3.34. The number of carbonyl (C=O) groups is 2. The van der Waals surface area contributed by atoms with Gasteiger partial charge in [0.1, 0.15) is 5.60 Å². The largest absolute Gasteiger partial charge is 0.423 e. The van der Waals surface area contributed by atoms with Gasteiger partial charge in [0.15, 0.2) is 0 Å². The minimum Gasteiger partial charge on any atom is -0.423 e. The molecule has 8 nitrogen and oxygen atoms in total. The fraction of sp³-hybridized carbons (Fsp3) is 0.684. The Balaban J connectivity index is 1.56. The van der Waals surface area contributed by atoms with Crippen molar-refractivity contribution in [3.05, 3.63) is 23.9 Å². The minimum absolute atomic E-state index is 0.00726. The Morgan fingerprint density at radius 2 is 2.07 bits per heavy atom. The van der Waals surface area contributed by atoms with Crippen LogP contribution in [0.1, 0.15) is 39.5 Å². The lowest BCUT2D eigenvalue weighted by atomic mass is 9.76. The molecule has 0 aromatic carbocycles. The van der Waals surface area contributed by atoms with Crippen molar-refractivity contribution < 1.29 is 18.7 Å². The lowest BCUT2D eigenvalue weighted by molar-refractivity contribution is -0.144. The monoisotopic (exact) mass is 374 g/mol. The third kappa shape index (κ3) is 2.69. The van der Waals surface area contributed by atoms with E-state index in [1.807, 2.05) is 44.7 Å². The Morgan fingerprint density at radius 1 is 1.37 bits per heavy atom. The van der Waals surface area contributed by atoms with E-state index in [1.165, 1.54) is 0 Å². The van der Waals surface area contributed by atoms with Crippen molar-refractivity contribution in [1.82, 2.24) is 20.0 Å². The van der Waals surface area contributed by atoms with Crippen LogP contribution in [0, 0.1) is 11.8 Å². The van der Waals surface area contributed by atoms with Crippen LogP contribution in [0.5, 0.6) is 0 Å². The molecule has 2 bridgehead atoms. The second-order valence-electron chi connectivity index (χ2n) is 8.63. The molecule has 0 N–H and O–H groups in total. The summed E-state index contributed by atoms with van der Waals surface area (Å²) in [5.41, 5.74) is -0.999. The number of ether oxygens (including phenoxy) is 1. The summed E-state index contributed by atoms with van der Waals surface area (Å²) in [6, 6.07) is 0. The van der Waals surface area contributed by atoms with E-state index in [4.69, 9.17) is 9.15 Å². The van der Waals surface area contributed by atoms with Gasteiger partial charge < -0.3 is 19.0 Å². The van der Waals surface area contributed by atoms with Crippen molar-refractivity contribution >= 4 is 11.8 Å². The fourth-order valence-electron chi connectivity index (χ4n) is 4.38. The number of amides is 2. The summed E-state index contributed by atoms with van der Waals surface area (Å²) in [6.07, 6.45) is 4.19. The molecule has 4 heterocycles. The maximum absolute atomic E-state index is 13.2. The SMILES string of the molecule is CCc1nnc(CN(C)C(=O)C2C3C(=O)N(C(C)(C)C)C[C@]34C=C[C@H]2O4)o1. The summed E-state index contributed by atoms with van der Waals surface area (Å²) in [5, 5.41) is 7.91. The molecule has 0 radical (unpaired) electrons. The number of hydrogen-bond donors (Lipinski definition) is 0. The van der Waals surface area contributed by atoms with E-state index in [9.17, 15) is 9.59 Å². The fourth-order valence-corrected chi connectivity index (χ4v) is 4.38. The van der Waals surface area contributed by atoms with Gasteiger partial charge in [0.25, 0.3) is 0 Å². The summed E-state index contributed by atoms with van der Waals surface area (Å²) in [6.45, 7) is 8.64. The zero-order chi connectivity index (χ0) is 19.6. The average molecular weight is 374 g/mol. The van der Waals surface area contributed by atoms with Crippen LogP contribution < -0.4 is 0 Å². The Kier molecular flexibility index (Phi) is 3.96. The van der Waals surface area contributed by atoms with Gasteiger partial charge in [-0.1, -0.05) is 19.1 Å². The van der Waals surface area contributed by atoms with Crippen LogP contribution in [0.2, 0.25) is 0 Å². The lowest BCUT2D eigenvalue weighted by Crippen LogP contribution is -2.47.